The lowest BCUT2D eigenvalue weighted by Crippen LogP contribution is -2.17. The van der Waals surface area contributed by atoms with Crippen LogP contribution in [-0.4, -0.2) is 12.6 Å². The van der Waals surface area contributed by atoms with Gasteiger partial charge in [0.15, 0.2) is 0 Å². The van der Waals surface area contributed by atoms with E-state index in [4.69, 9.17) is 4.74 Å². The van der Waals surface area contributed by atoms with Crippen molar-refractivity contribution in [3.05, 3.63) is 58.7 Å². The number of aryl methyl sites for hydroxylation is 1. The third kappa shape index (κ3) is 3.10. The van der Waals surface area contributed by atoms with E-state index in [0.29, 0.717) is 18.9 Å². The van der Waals surface area contributed by atoms with E-state index in [1.54, 1.807) is 11.1 Å². The topological polar surface area (TPSA) is 26.3 Å². The number of fused-ring (bicyclic) bond motifs is 5. The molecule has 2 aromatic rings. The Bertz CT molecular complexity index is 791. The molecule has 2 aromatic carbocycles. The van der Waals surface area contributed by atoms with Gasteiger partial charge in [0.2, 0.25) is 0 Å². The number of carbonyl (C=O) groups is 1. The second-order valence-electron chi connectivity index (χ2n) is 7.25. The Labute approximate surface area is 150 Å². The van der Waals surface area contributed by atoms with Crippen molar-refractivity contribution in [2.45, 2.75) is 57.8 Å². The first-order chi connectivity index (χ1) is 12.3. The molecular weight excluding hydrogens is 308 g/mol. The Hall–Kier alpha value is -2.09. The molecule has 0 N–H and O–H groups in total. The maximum atomic E-state index is 11.7. The summed E-state index contributed by atoms with van der Waals surface area (Å²) in [5.41, 5.74) is 8.97. The monoisotopic (exact) mass is 334 g/mol. The first-order valence-electron chi connectivity index (χ1n) is 9.66. The van der Waals surface area contributed by atoms with E-state index < -0.39 is 0 Å². The van der Waals surface area contributed by atoms with Crippen molar-refractivity contribution >= 4 is 5.97 Å². The second-order valence-corrected chi connectivity index (χ2v) is 7.25. The fourth-order valence-corrected chi connectivity index (χ4v) is 4.69. The molecule has 0 saturated carbocycles. The second kappa shape index (κ2) is 7.03. The molecule has 0 aliphatic heterocycles. The predicted molar refractivity (Wildman–Crippen MR) is 101 cm³/mol. The number of ether oxygens (including phenoxy) is 1. The quantitative estimate of drug-likeness (QED) is 0.717. The van der Waals surface area contributed by atoms with Crippen LogP contribution in [0.2, 0.25) is 0 Å². The predicted octanol–water partition coefficient (Wildman–Crippen LogP) is 5.22. The molecular formula is C23H26O2. The molecule has 4 rings (SSSR count). The number of esters is 1. The molecule has 0 heterocycles. The fraction of sp³-hybridized carbons (Fsp3) is 0.435. The van der Waals surface area contributed by atoms with Crippen molar-refractivity contribution in [3.8, 4) is 11.1 Å². The fourth-order valence-electron chi connectivity index (χ4n) is 4.69. The SMILES string of the molecule is CCOC(=O)CCC1CCCc2c1ccc1c2CCc2ccccc2-1. The summed E-state index contributed by atoms with van der Waals surface area (Å²) in [6.45, 7) is 2.35. The van der Waals surface area contributed by atoms with Crippen LogP contribution in [0.5, 0.6) is 0 Å². The zero-order valence-electron chi connectivity index (χ0n) is 15.0. The average Bonchev–Trinajstić information content (AvgIpc) is 2.66. The molecule has 2 aliphatic carbocycles. The van der Waals surface area contributed by atoms with E-state index in [2.05, 4.69) is 36.4 Å². The summed E-state index contributed by atoms with van der Waals surface area (Å²) < 4.78 is 5.11. The molecule has 0 bridgehead atoms. The lowest BCUT2D eigenvalue weighted by molar-refractivity contribution is -0.143. The molecule has 1 atom stereocenters. The van der Waals surface area contributed by atoms with E-state index in [1.165, 1.54) is 41.5 Å². The Kier molecular flexibility index (Phi) is 4.61. The van der Waals surface area contributed by atoms with Crippen LogP contribution in [0.3, 0.4) is 0 Å². The minimum Gasteiger partial charge on any atom is -0.466 e. The molecule has 25 heavy (non-hydrogen) atoms. The van der Waals surface area contributed by atoms with Crippen molar-refractivity contribution in [1.29, 1.82) is 0 Å². The first-order valence-corrected chi connectivity index (χ1v) is 9.66. The first kappa shape index (κ1) is 16.4. The van der Waals surface area contributed by atoms with Crippen LogP contribution in [0.15, 0.2) is 36.4 Å². The third-order valence-corrected chi connectivity index (χ3v) is 5.84. The molecule has 0 fully saturated rings. The third-order valence-electron chi connectivity index (χ3n) is 5.84. The zero-order chi connectivity index (χ0) is 17.2. The number of rotatable bonds is 4. The summed E-state index contributed by atoms with van der Waals surface area (Å²) in [6.07, 6.45) is 7.38. The van der Waals surface area contributed by atoms with Crippen LogP contribution in [0, 0.1) is 0 Å². The molecule has 0 spiro atoms. The van der Waals surface area contributed by atoms with E-state index >= 15 is 0 Å². The van der Waals surface area contributed by atoms with Crippen LogP contribution in [0.1, 0.15) is 60.8 Å². The Morgan fingerprint density at radius 3 is 2.80 bits per heavy atom. The molecule has 2 aliphatic rings. The van der Waals surface area contributed by atoms with Crippen molar-refractivity contribution in [1.82, 2.24) is 0 Å². The van der Waals surface area contributed by atoms with Crippen molar-refractivity contribution in [2.75, 3.05) is 6.61 Å². The van der Waals surface area contributed by atoms with E-state index in [-0.39, 0.29) is 5.97 Å². The van der Waals surface area contributed by atoms with Gasteiger partial charge in [-0.25, -0.2) is 0 Å². The standard InChI is InChI=1S/C23H26O2/c1-2-25-23(24)15-11-17-7-5-9-20-19(17)13-14-21-18-8-4-3-6-16(18)10-12-22(20)21/h3-4,6,8,13-14,17H,2,5,7,9-12,15H2,1H3. The average molecular weight is 334 g/mol. The van der Waals surface area contributed by atoms with Gasteiger partial charge in [0.1, 0.15) is 0 Å². The lowest BCUT2D eigenvalue weighted by Gasteiger charge is -2.31. The maximum Gasteiger partial charge on any atom is 0.305 e. The van der Waals surface area contributed by atoms with Gasteiger partial charge in [0.05, 0.1) is 6.61 Å². The number of carbonyl (C=O) groups excluding carboxylic acids is 1. The highest BCUT2D eigenvalue weighted by molar-refractivity contribution is 5.75. The molecule has 0 radical (unpaired) electrons. The minimum absolute atomic E-state index is 0.0542. The summed E-state index contributed by atoms with van der Waals surface area (Å²) in [6, 6.07) is 13.5. The van der Waals surface area contributed by atoms with Gasteiger partial charge < -0.3 is 4.74 Å². The van der Waals surface area contributed by atoms with Crippen LogP contribution in [0.4, 0.5) is 0 Å². The highest BCUT2D eigenvalue weighted by atomic mass is 16.5. The Balaban J connectivity index is 1.64. The van der Waals surface area contributed by atoms with Gasteiger partial charge in [0, 0.05) is 6.42 Å². The molecule has 2 nitrogen and oxygen atoms in total. The van der Waals surface area contributed by atoms with Gasteiger partial charge in [-0.2, -0.15) is 0 Å². The molecule has 0 saturated heterocycles. The zero-order valence-corrected chi connectivity index (χ0v) is 15.0. The van der Waals surface area contributed by atoms with Gasteiger partial charge in [-0.15, -0.1) is 0 Å². The molecule has 0 aromatic heterocycles. The summed E-state index contributed by atoms with van der Waals surface area (Å²) in [5.74, 6) is 0.456. The number of benzene rings is 2. The van der Waals surface area contributed by atoms with Crippen molar-refractivity contribution in [3.63, 3.8) is 0 Å². The van der Waals surface area contributed by atoms with Crippen LogP contribution < -0.4 is 0 Å². The smallest absolute Gasteiger partial charge is 0.305 e. The molecule has 2 heteroatoms. The summed E-state index contributed by atoms with van der Waals surface area (Å²) in [5, 5.41) is 0. The van der Waals surface area contributed by atoms with Crippen LogP contribution in [0.25, 0.3) is 11.1 Å². The van der Waals surface area contributed by atoms with Gasteiger partial charge in [0.25, 0.3) is 0 Å². The Morgan fingerprint density at radius 2 is 1.92 bits per heavy atom. The highest BCUT2D eigenvalue weighted by Crippen LogP contribution is 2.42. The van der Waals surface area contributed by atoms with Gasteiger partial charge in [-0.1, -0.05) is 36.4 Å². The highest BCUT2D eigenvalue weighted by Gasteiger charge is 2.26. The van der Waals surface area contributed by atoms with Gasteiger partial charge >= 0.3 is 5.97 Å². The van der Waals surface area contributed by atoms with Crippen LogP contribution >= 0.6 is 0 Å². The molecule has 1 unspecified atom stereocenters. The van der Waals surface area contributed by atoms with Gasteiger partial charge in [-0.3, -0.25) is 4.79 Å². The van der Waals surface area contributed by atoms with E-state index in [0.717, 1.165) is 19.3 Å². The summed E-state index contributed by atoms with van der Waals surface area (Å²) in [7, 11) is 0. The normalized spacial score (nSPS) is 18.0. The number of hydrogen-bond donors (Lipinski definition) is 0. The lowest BCUT2D eigenvalue weighted by atomic mass is 9.74. The van der Waals surface area contributed by atoms with Gasteiger partial charge in [-0.05, 0) is 84.7 Å². The van der Waals surface area contributed by atoms with E-state index in [9.17, 15) is 4.79 Å². The summed E-state index contributed by atoms with van der Waals surface area (Å²) in [4.78, 5) is 11.7. The molecule has 130 valence electrons. The largest absolute Gasteiger partial charge is 0.466 e. The maximum absolute atomic E-state index is 11.7. The van der Waals surface area contributed by atoms with Crippen molar-refractivity contribution < 1.29 is 9.53 Å². The molecule has 0 amide bonds. The minimum atomic E-state index is -0.0542. The number of hydrogen-bond acceptors (Lipinski definition) is 2. The summed E-state index contributed by atoms with van der Waals surface area (Å²) >= 11 is 0. The van der Waals surface area contributed by atoms with Crippen molar-refractivity contribution in [2.24, 2.45) is 0 Å². The van der Waals surface area contributed by atoms with E-state index in [1.807, 2.05) is 6.92 Å². The Morgan fingerprint density at radius 1 is 1.04 bits per heavy atom. The van der Waals surface area contributed by atoms with Crippen LogP contribution in [-0.2, 0) is 28.8 Å².